The number of aromatic nitrogens is 2. The molecule has 3 nitrogen and oxygen atoms in total. The first-order valence-electron chi connectivity index (χ1n) is 7.58. The molecule has 0 aliphatic carbocycles. The number of rotatable bonds is 1. The van der Waals surface area contributed by atoms with E-state index in [9.17, 15) is 0 Å². The molecule has 0 N–H and O–H groups in total. The maximum absolute atomic E-state index is 6.33. The Morgan fingerprint density at radius 3 is 2.74 bits per heavy atom. The summed E-state index contributed by atoms with van der Waals surface area (Å²) >= 11 is 6.33. The first-order valence-corrected chi connectivity index (χ1v) is 7.96. The molecular formula is C19H17ClN2O. The number of halogens is 1. The highest BCUT2D eigenvalue weighted by Gasteiger charge is 2.26. The Kier molecular flexibility index (Phi) is 3.03. The summed E-state index contributed by atoms with van der Waals surface area (Å²) in [4.78, 5) is 4.78. The fraction of sp³-hybridized carbons (Fsp3) is 0.211. The number of fused-ring (bicyclic) bond motifs is 2. The van der Waals surface area contributed by atoms with Crippen LogP contribution < -0.4 is 4.74 Å². The number of imidazole rings is 1. The quantitative estimate of drug-likeness (QED) is 0.624. The fourth-order valence-corrected chi connectivity index (χ4v) is 3.22. The SMILES string of the molecule is Cn1c(-c2cc(Cl)cc3c2OC(C)(C)C=C3)nc2ccccc21. The third-order valence-corrected chi connectivity index (χ3v) is 4.36. The van der Waals surface area contributed by atoms with Gasteiger partial charge in [0.2, 0.25) is 0 Å². The first-order chi connectivity index (χ1) is 10.9. The van der Waals surface area contributed by atoms with E-state index >= 15 is 0 Å². The normalized spacial score (nSPS) is 15.5. The van der Waals surface area contributed by atoms with E-state index in [1.165, 1.54) is 0 Å². The Hall–Kier alpha value is -2.26. The van der Waals surface area contributed by atoms with Crippen LogP contribution >= 0.6 is 11.6 Å². The number of hydrogen-bond acceptors (Lipinski definition) is 2. The molecule has 116 valence electrons. The number of para-hydroxylation sites is 2. The molecule has 1 aromatic heterocycles. The summed E-state index contributed by atoms with van der Waals surface area (Å²) in [6.07, 6.45) is 4.11. The van der Waals surface area contributed by atoms with E-state index in [-0.39, 0.29) is 5.60 Å². The van der Waals surface area contributed by atoms with Crippen LogP contribution in [-0.2, 0) is 7.05 Å². The number of hydrogen-bond donors (Lipinski definition) is 0. The predicted molar refractivity (Wildman–Crippen MR) is 94.9 cm³/mol. The van der Waals surface area contributed by atoms with Gasteiger partial charge in [-0.05, 0) is 44.2 Å². The van der Waals surface area contributed by atoms with Gasteiger partial charge >= 0.3 is 0 Å². The molecule has 0 radical (unpaired) electrons. The first kappa shape index (κ1) is 14.3. The van der Waals surface area contributed by atoms with Gasteiger partial charge < -0.3 is 9.30 Å². The summed E-state index contributed by atoms with van der Waals surface area (Å²) in [6.45, 7) is 4.08. The molecule has 1 aliphatic rings. The highest BCUT2D eigenvalue weighted by Crippen LogP contribution is 2.41. The largest absolute Gasteiger partial charge is 0.482 e. The van der Waals surface area contributed by atoms with Crippen LogP contribution in [0.25, 0.3) is 28.5 Å². The van der Waals surface area contributed by atoms with E-state index in [1.54, 1.807) is 0 Å². The standard InChI is InChI=1S/C19H17ClN2O/c1-19(2)9-8-12-10-13(20)11-14(17(12)23-19)18-21-15-6-4-5-7-16(15)22(18)3/h4-11H,1-3H3. The van der Waals surface area contributed by atoms with Gasteiger partial charge in [-0.25, -0.2) is 4.98 Å². The van der Waals surface area contributed by atoms with Gasteiger partial charge in [0.05, 0.1) is 16.6 Å². The summed E-state index contributed by atoms with van der Waals surface area (Å²) in [5.41, 5.74) is 3.61. The van der Waals surface area contributed by atoms with E-state index in [1.807, 2.05) is 57.3 Å². The second kappa shape index (κ2) is 4.87. The minimum atomic E-state index is -0.347. The van der Waals surface area contributed by atoms with E-state index in [2.05, 4.69) is 16.7 Å². The van der Waals surface area contributed by atoms with Crippen LogP contribution in [0.3, 0.4) is 0 Å². The molecule has 0 bridgehead atoms. The molecule has 2 aromatic carbocycles. The average molecular weight is 325 g/mol. The van der Waals surface area contributed by atoms with Crippen LogP contribution in [-0.4, -0.2) is 15.2 Å². The predicted octanol–water partition coefficient (Wildman–Crippen LogP) is 5.08. The molecule has 0 unspecified atom stereocenters. The lowest BCUT2D eigenvalue weighted by molar-refractivity contribution is 0.160. The van der Waals surface area contributed by atoms with Crippen molar-refractivity contribution in [3.8, 4) is 17.1 Å². The van der Waals surface area contributed by atoms with Crippen molar-refractivity contribution in [2.75, 3.05) is 0 Å². The smallest absolute Gasteiger partial charge is 0.144 e. The molecule has 2 heterocycles. The zero-order valence-corrected chi connectivity index (χ0v) is 14.1. The molecule has 0 atom stereocenters. The lowest BCUT2D eigenvalue weighted by atomic mass is 9.99. The minimum absolute atomic E-state index is 0.347. The topological polar surface area (TPSA) is 27.1 Å². The van der Waals surface area contributed by atoms with Gasteiger partial charge in [0.25, 0.3) is 0 Å². The molecule has 3 aromatic rings. The second-order valence-electron chi connectivity index (χ2n) is 6.39. The number of nitrogens with zero attached hydrogens (tertiary/aromatic N) is 2. The van der Waals surface area contributed by atoms with Gasteiger partial charge in [0.1, 0.15) is 17.2 Å². The molecule has 0 fully saturated rings. The minimum Gasteiger partial charge on any atom is -0.482 e. The number of ether oxygens (including phenoxy) is 1. The lowest BCUT2D eigenvalue weighted by Gasteiger charge is -2.29. The Morgan fingerprint density at radius 1 is 1.17 bits per heavy atom. The van der Waals surface area contributed by atoms with Gasteiger partial charge in [-0.3, -0.25) is 0 Å². The molecule has 0 spiro atoms. The van der Waals surface area contributed by atoms with Crippen LogP contribution in [0.1, 0.15) is 19.4 Å². The van der Waals surface area contributed by atoms with Gasteiger partial charge in [-0.2, -0.15) is 0 Å². The zero-order valence-electron chi connectivity index (χ0n) is 13.3. The van der Waals surface area contributed by atoms with Gasteiger partial charge in [0.15, 0.2) is 0 Å². The molecule has 0 amide bonds. The Bertz CT molecular complexity index is 953. The fourth-order valence-electron chi connectivity index (χ4n) is 2.99. The van der Waals surface area contributed by atoms with Crippen LogP contribution in [0.2, 0.25) is 5.02 Å². The van der Waals surface area contributed by atoms with Crippen molar-refractivity contribution in [1.29, 1.82) is 0 Å². The summed E-state index contributed by atoms with van der Waals surface area (Å²) in [5.74, 6) is 1.69. The van der Waals surface area contributed by atoms with Gasteiger partial charge in [-0.1, -0.05) is 29.8 Å². The zero-order chi connectivity index (χ0) is 16.2. The van der Waals surface area contributed by atoms with E-state index in [0.717, 1.165) is 33.7 Å². The molecule has 1 aliphatic heterocycles. The monoisotopic (exact) mass is 324 g/mol. The van der Waals surface area contributed by atoms with E-state index in [0.29, 0.717) is 5.02 Å². The molecule has 4 heteroatoms. The summed E-state index contributed by atoms with van der Waals surface area (Å²) in [6, 6.07) is 11.9. The van der Waals surface area contributed by atoms with Crippen molar-refractivity contribution in [2.45, 2.75) is 19.4 Å². The van der Waals surface area contributed by atoms with Crippen molar-refractivity contribution in [3.63, 3.8) is 0 Å². The number of aryl methyl sites for hydroxylation is 1. The third-order valence-electron chi connectivity index (χ3n) is 4.14. The van der Waals surface area contributed by atoms with Gasteiger partial charge in [0, 0.05) is 17.6 Å². The van der Waals surface area contributed by atoms with Crippen molar-refractivity contribution < 1.29 is 4.74 Å². The third kappa shape index (κ3) is 2.32. The van der Waals surface area contributed by atoms with E-state index in [4.69, 9.17) is 21.3 Å². The molecular weight excluding hydrogens is 308 g/mol. The highest BCUT2D eigenvalue weighted by atomic mass is 35.5. The molecule has 0 saturated carbocycles. The summed E-state index contributed by atoms with van der Waals surface area (Å²) in [7, 11) is 2.02. The van der Waals surface area contributed by atoms with Crippen LogP contribution in [0.15, 0.2) is 42.5 Å². The van der Waals surface area contributed by atoms with E-state index < -0.39 is 0 Å². The Balaban J connectivity index is 2.00. The Labute approximate surface area is 140 Å². The highest BCUT2D eigenvalue weighted by molar-refractivity contribution is 6.31. The Morgan fingerprint density at radius 2 is 1.96 bits per heavy atom. The maximum atomic E-state index is 6.33. The summed E-state index contributed by atoms with van der Waals surface area (Å²) in [5, 5.41) is 0.679. The van der Waals surface area contributed by atoms with Crippen molar-refractivity contribution >= 4 is 28.7 Å². The lowest BCUT2D eigenvalue weighted by Crippen LogP contribution is -2.28. The van der Waals surface area contributed by atoms with Crippen LogP contribution in [0, 0.1) is 0 Å². The summed E-state index contributed by atoms with van der Waals surface area (Å²) < 4.78 is 8.29. The second-order valence-corrected chi connectivity index (χ2v) is 6.83. The van der Waals surface area contributed by atoms with Crippen molar-refractivity contribution in [2.24, 2.45) is 7.05 Å². The maximum Gasteiger partial charge on any atom is 0.144 e. The van der Waals surface area contributed by atoms with Gasteiger partial charge in [-0.15, -0.1) is 0 Å². The van der Waals surface area contributed by atoms with Crippen LogP contribution in [0.5, 0.6) is 5.75 Å². The van der Waals surface area contributed by atoms with Crippen LogP contribution in [0.4, 0.5) is 0 Å². The number of benzene rings is 2. The average Bonchev–Trinajstić information content (AvgIpc) is 2.84. The molecule has 23 heavy (non-hydrogen) atoms. The van der Waals surface area contributed by atoms with Crippen molar-refractivity contribution in [3.05, 3.63) is 53.1 Å². The van der Waals surface area contributed by atoms with Crippen molar-refractivity contribution in [1.82, 2.24) is 9.55 Å². The molecule has 4 rings (SSSR count). The molecule has 0 saturated heterocycles.